The van der Waals surface area contributed by atoms with Crippen LogP contribution < -0.4 is 0 Å². The van der Waals surface area contributed by atoms with Crippen LogP contribution in [0.5, 0.6) is 0 Å². The Kier molecular flexibility index (Phi) is 9.72. The molecule has 0 aliphatic carbocycles. The van der Waals surface area contributed by atoms with E-state index < -0.39 is 0 Å². The summed E-state index contributed by atoms with van der Waals surface area (Å²) in [7, 11) is 1.81. The van der Waals surface area contributed by atoms with Gasteiger partial charge in [-0.1, -0.05) is 20.8 Å². The number of guanidine groups is 1. The predicted molar refractivity (Wildman–Crippen MR) is 77.2 cm³/mol. The van der Waals surface area contributed by atoms with Gasteiger partial charge in [-0.25, -0.2) is 4.99 Å². The van der Waals surface area contributed by atoms with Crippen LogP contribution in [0.4, 0.5) is 0 Å². The number of nitrogens with zero attached hydrogens (tertiary/aromatic N) is 4. The highest BCUT2D eigenvalue weighted by molar-refractivity contribution is 5.87. The van der Waals surface area contributed by atoms with Gasteiger partial charge >= 0.3 is 0 Å². The molecule has 0 aromatic carbocycles. The maximum atomic E-state index is 4.27. The van der Waals surface area contributed by atoms with Gasteiger partial charge in [-0.2, -0.15) is 0 Å². The molecule has 0 radical (unpaired) electrons. The zero-order chi connectivity index (χ0) is 13.1. The molecular weight excluding hydrogens is 212 g/mol. The molecule has 0 aromatic heterocycles. The summed E-state index contributed by atoms with van der Waals surface area (Å²) in [5, 5.41) is 0. The fourth-order valence-corrected chi connectivity index (χ4v) is 1.88. The minimum Gasteiger partial charge on any atom is -0.339 e. The van der Waals surface area contributed by atoms with Crippen molar-refractivity contribution in [2.45, 2.75) is 34.1 Å². The Balaban J connectivity index is 0.00000121. The van der Waals surface area contributed by atoms with Crippen molar-refractivity contribution in [3.05, 3.63) is 0 Å². The summed E-state index contributed by atoms with van der Waals surface area (Å²) in [4.78, 5) is 13.2. The monoisotopic (exact) mass is 240 g/mol. The van der Waals surface area contributed by atoms with Crippen molar-refractivity contribution < 1.29 is 0 Å². The van der Waals surface area contributed by atoms with Gasteiger partial charge in [-0.05, 0) is 19.9 Å². The molecule has 0 saturated carbocycles. The van der Waals surface area contributed by atoms with Crippen LogP contribution in [0.2, 0.25) is 0 Å². The lowest BCUT2D eigenvalue weighted by atomic mass is 10.3. The lowest BCUT2D eigenvalue weighted by molar-refractivity contribution is 0.181. The maximum absolute atomic E-state index is 4.27. The molecule has 0 bridgehead atoms. The first-order valence-corrected chi connectivity index (χ1v) is 6.74. The normalized spacial score (nSPS) is 18.2. The molecule has 1 fully saturated rings. The van der Waals surface area contributed by atoms with Crippen LogP contribution in [0.25, 0.3) is 0 Å². The van der Waals surface area contributed by atoms with E-state index in [0.717, 1.165) is 32.1 Å². The molecule has 0 atom stereocenters. The quantitative estimate of drug-likeness (QED) is 0.547. The average Bonchev–Trinajstić information content (AvgIpc) is 2.40. The summed E-state index contributed by atoms with van der Waals surface area (Å²) in [6.45, 7) is 13.7. The van der Waals surface area contributed by atoms with Crippen molar-refractivity contribution in [2.24, 2.45) is 9.98 Å². The van der Waals surface area contributed by atoms with Crippen molar-refractivity contribution in [1.29, 1.82) is 0 Å². The van der Waals surface area contributed by atoms with E-state index in [0.29, 0.717) is 0 Å². The second-order valence-corrected chi connectivity index (χ2v) is 3.74. The summed E-state index contributed by atoms with van der Waals surface area (Å²) in [5.74, 6) is 0.869. The molecule has 17 heavy (non-hydrogen) atoms. The highest BCUT2D eigenvalue weighted by Gasteiger charge is 2.17. The van der Waals surface area contributed by atoms with Gasteiger partial charge < -0.3 is 4.90 Å². The standard InChI is InChI=1S/C11H22N4.C2H6/c1-4-6-14-7-9-15(10-8-14)11(12-3)13-5-2;1-2/h5H,4,6-10H2,1-3H3;1-2H3/b12-11?,13-5-;. The van der Waals surface area contributed by atoms with Gasteiger partial charge in [0, 0.05) is 39.4 Å². The highest BCUT2D eigenvalue weighted by Crippen LogP contribution is 2.04. The summed E-state index contributed by atoms with van der Waals surface area (Å²) in [6, 6.07) is 0. The number of hydrogen-bond acceptors (Lipinski definition) is 2. The molecule has 0 N–H and O–H groups in total. The minimum absolute atomic E-state index is 0.869. The lowest BCUT2D eigenvalue weighted by Gasteiger charge is -2.34. The maximum Gasteiger partial charge on any atom is 0.220 e. The van der Waals surface area contributed by atoms with Gasteiger partial charge in [-0.15, -0.1) is 0 Å². The van der Waals surface area contributed by atoms with E-state index >= 15 is 0 Å². The molecule has 1 aliphatic rings. The molecule has 0 unspecified atom stereocenters. The fourth-order valence-electron chi connectivity index (χ4n) is 1.88. The van der Waals surface area contributed by atoms with Crippen LogP contribution in [0.3, 0.4) is 0 Å². The van der Waals surface area contributed by atoms with E-state index in [4.69, 9.17) is 0 Å². The highest BCUT2D eigenvalue weighted by atomic mass is 15.3. The Morgan fingerprint density at radius 3 is 2.18 bits per heavy atom. The molecule has 4 heteroatoms. The summed E-state index contributed by atoms with van der Waals surface area (Å²) in [5.41, 5.74) is 0. The third-order valence-corrected chi connectivity index (χ3v) is 2.64. The van der Waals surface area contributed by atoms with E-state index in [2.05, 4.69) is 26.7 Å². The third kappa shape index (κ3) is 5.82. The van der Waals surface area contributed by atoms with Crippen LogP contribution in [0, 0.1) is 0 Å². The second-order valence-electron chi connectivity index (χ2n) is 3.74. The number of aliphatic imine (C=N–C) groups is 2. The fraction of sp³-hybridized carbons (Fsp3) is 0.846. The Hall–Kier alpha value is -0.900. The van der Waals surface area contributed by atoms with Crippen molar-refractivity contribution in [3.63, 3.8) is 0 Å². The van der Waals surface area contributed by atoms with Gasteiger partial charge in [0.25, 0.3) is 0 Å². The van der Waals surface area contributed by atoms with E-state index in [1.807, 2.05) is 20.8 Å². The summed E-state index contributed by atoms with van der Waals surface area (Å²) in [6.07, 6.45) is 3.04. The average molecular weight is 240 g/mol. The zero-order valence-corrected chi connectivity index (χ0v) is 12.1. The largest absolute Gasteiger partial charge is 0.339 e. The zero-order valence-electron chi connectivity index (χ0n) is 12.1. The first kappa shape index (κ1) is 16.1. The molecule has 1 heterocycles. The van der Waals surface area contributed by atoms with Crippen LogP contribution in [0.1, 0.15) is 34.1 Å². The van der Waals surface area contributed by atoms with Crippen molar-refractivity contribution in [1.82, 2.24) is 9.80 Å². The van der Waals surface area contributed by atoms with E-state index in [-0.39, 0.29) is 0 Å². The Labute approximate surface area is 106 Å². The van der Waals surface area contributed by atoms with Crippen molar-refractivity contribution in [3.8, 4) is 0 Å². The number of hydrogen-bond donors (Lipinski definition) is 0. The molecule has 1 aliphatic heterocycles. The molecular formula is C13H28N4. The molecule has 0 amide bonds. The van der Waals surface area contributed by atoms with Gasteiger partial charge in [0.05, 0.1) is 0 Å². The molecule has 0 spiro atoms. The Bertz CT molecular complexity index is 228. The molecule has 4 nitrogen and oxygen atoms in total. The van der Waals surface area contributed by atoms with Crippen LogP contribution in [-0.4, -0.2) is 61.7 Å². The minimum atomic E-state index is 0.869. The Morgan fingerprint density at radius 2 is 1.76 bits per heavy atom. The van der Waals surface area contributed by atoms with Crippen molar-refractivity contribution >= 4 is 12.2 Å². The molecule has 100 valence electrons. The third-order valence-electron chi connectivity index (χ3n) is 2.64. The van der Waals surface area contributed by atoms with Crippen LogP contribution in [0.15, 0.2) is 9.98 Å². The smallest absolute Gasteiger partial charge is 0.220 e. The molecule has 1 saturated heterocycles. The summed E-state index contributed by atoms with van der Waals surface area (Å²) < 4.78 is 0. The van der Waals surface area contributed by atoms with Crippen molar-refractivity contribution in [2.75, 3.05) is 39.8 Å². The van der Waals surface area contributed by atoms with Gasteiger partial charge in [0.1, 0.15) is 0 Å². The summed E-state index contributed by atoms with van der Waals surface area (Å²) >= 11 is 0. The molecule has 1 rings (SSSR count). The first-order valence-electron chi connectivity index (χ1n) is 6.74. The van der Waals surface area contributed by atoms with E-state index in [9.17, 15) is 0 Å². The number of piperazine rings is 1. The predicted octanol–water partition coefficient (Wildman–Crippen LogP) is 2.12. The second kappa shape index (κ2) is 10.3. The molecule has 0 aromatic rings. The van der Waals surface area contributed by atoms with Crippen LogP contribution >= 0.6 is 0 Å². The van der Waals surface area contributed by atoms with E-state index in [1.165, 1.54) is 13.0 Å². The topological polar surface area (TPSA) is 31.2 Å². The first-order chi connectivity index (χ1) is 8.31. The van der Waals surface area contributed by atoms with Gasteiger partial charge in [0.15, 0.2) is 0 Å². The van der Waals surface area contributed by atoms with Gasteiger partial charge in [-0.3, -0.25) is 9.89 Å². The lowest BCUT2D eigenvalue weighted by Crippen LogP contribution is -2.48. The number of rotatable bonds is 2. The van der Waals surface area contributed by atoms with Crippen LogP contribution in [-0.2, 0) is 0 Å². The SMILES string of the molecule is C/C=N\C(=NC)N1CCN(CCC)CC1.CC. The Morgan fingerprint density at radius 1 is 1.18 bits per heavy atom. The van der Waals surface area contributed by atoms with E-state index in [1.54, 1.807) is 13.3 Å². The van der Waals surface area contributed by atoms with Gasteiger partial charge in [0.2, 0.25) is 5.96 Å².